The predicted octanol–water partition coefficient (Wildman–Crippen LogP) is 4.35. The lowest BCUT2D eigenvalue weighted by atomic mass is 9.97. The van der Waals surface area contributed by atoms with Crippen LogP contribution < -0.4 is 4.90 Å². The first-order valence-electron chi connectivity index (χ1n) is 13.0. The van der Waals surface area contributed by atoms with Crippen LogP contribution in [-0.4, -0.2) is 65.8 Å². The minimum Gasteiger partial charge on any atom is -0.369 e. The molecule has 0 saturated carbocycles. The summed E-state index contributed by atoms with van der Waals surface area (Å²) in [7, 11) is 0. The maximum absolute atomic E-state index is 13.5. The Labute approximate surface area is 220 Å². The van der Waals surface area contributed by atoms with Crippen LogP contribution in [0.4, 0.5) is 11.4 Å². The molecule has 0 unspecified atom stereocenters. The number of nitrogens with zero attached hydrogens (tertiary/aromatic N) is 4. The van der Waals surface area contributed by atoms with Gasteiger partial charge in [-0.1, -0.05) is 48.5 Å². The van der Waals surface area contributed by atoms with Gasteiger partial charge in [0.2, 0.25) is 5.91 Å². The zero-order valence-electron chi connectivity index (χ0n) is 21.0. The summed E-state index contributed by atoms with van der Waals surface area (Å²) in [4.78, 5) is 42.9. The molecule has 8 heteroatoms. The molecule has 0 radical (unpaired) electrons. The van der Waals surface area contributed by atoms with Gasteiger partial charge in [0.1, 0.15) is 0 Å². The number of fused-ring (bicyclic) bond motifs is 3. The topological polar surface area (TPSA) is 87.0 Å². The van der Waals surface area contributed by atoms with Crippen LogP contribution in [0.2, 0.25) is 0 Å². The molecule has 3 aromatic rings. The van der Waals surface area contributed by atoms with Crippen molar-refractivity contribution < 1.29 is 14.5 Å². The van der Waals surface area contributed by atoms with E-state index in [1.807, 2.05) is 36.4 Å². The van der Waals surface area contributed by atoms with Crippen LogP contribution in [0.3, 0.4) is 0 Å². The Morgan fingerprint density at radius 3 is 1.89 bits per heavy atom. The second kappa shape index (κ2) is 9.87. The third-order valence-corrected chi connectivity index (χ3v) is 7.77. The molecule has 0 N–H and O–H groups in total. The van der Waals surface area contributed by atoms with Gasteiger partial charge in [-0.3, -0.25) is 29.5 Å². The third kappa shape index (κ3) is 4.26. The minimum absolute atomic E-state index is 0.0959. The summed E-state index contributed by atoms with van der Waals surface area (Å²) >= 11 is 0. The molecular weight excluding hydrogens is 480 g/mol. The number of nitro benzene ring substituents is 1. The van der Waals surface area contributed by atoms with Crippen molar-refractivity contribution in [3.63, 3.8) is 0 Å². The maximum Gasteiger partial charge on any atom is 0.269 e. The van der Waals surface area contributed by atoms with Gasteiger partial charge in [-0.25, -0.2) is 0 Å². The molecular formula is C30H28N4O4. The van der Waals surface area contributed by atoms with Gasteiger partial charge < -0.3 is 4.90 Å². The smallest absolute Gasteiger partial charge is 0.269 e. The van der Waals surface area contributed by atoms with Crippen LogP contribution in [0, 0.1) is 10.1 Å². The van der Waals surface area contributed by atoms with Crippen LogP contribution in [-0.2, 0) is 9.59 Å². The van der Waals surface area contributed by atoms with Gasteiger partial charge in [0, 0.05) is 56.1 Å². The van der Waals surface area contributed by atoms with E-state index < -0.39 is 0 Å². The maximum atomic E-state index is 13.5. The van der Waals surface area contributed by atoms with Crippen molar-refractivity contribution in [2.45, 2.75) is 12.8 Å². The Morgan fingerprint density at radius 2 is 1.32 bits per heavy atom. The molecule has 38 heavy (non-hydrogen) atoms. The van der Waals surface area contributed by atoms with Crippen molar-refractivity contribution in [3.8, 4) is 11.1 Å². The van der Waals surface area contributed by atoms with E-state index in [1.54, 1.807) is 12.1 Å². The molecule has 2 heterocycles. The number of benzene rings is 3. The highest BCUT2D eigenvalue weighted by molar-refractivity contribution is 6.21. The number of imide groups is 1. The van der Waals surface area contributed by atoms with Crippen molar-refractivity contribution in [1.29, 1.82) is 0 Å². The van der Waals surface area contributed by atoms with Crippen molar-refractivity contribution in [3.05, 3.63) is 99.6 Å². The highest BCUT2D eigenvalue weighted by Crippen LogP contribution is 2.47. The molecule has 0 bridgehead atoms. The fourth-order valence-corrected chi connectivity index (χ4v) is 5.83. The Kier molecular flexibility index (Phi) is 6.25. The summed E-state index contributed by atoms with van der Waals surface area (Å²) in [6.45, 7) is 4.61. The van der Waals surface area contributed by atoms with Gasteiger partial charge in [0.05, 0.1) is 11.3 Å². The summed E-state index contributed by atoms with van der Waals surface area (Å²) in [6, 6.07) is 22.9. The van der Waals surface area contributed by atoms with Crippen LogP contribution >= 0.6 is 0 Å². The lowest BCUT2D eigenvalue weighted by Crippen LogP contribution is -2.47. The quantitative estimate of drug-likeness (QED) is 0.167. The number of nitro groups is 1. The summed E-state index contributed by atoms with van der Waals surface area (Å²) in [5.74, 6) is -0.290. The fraction of sp³-hybridized carbons (Fsp3) is 0.267. The molecule has 6 rings (SSSR count). The second-order valence-electron chi connectivity index (χ2n) is 9.93. The Bertz CT molecular complexity index is 1410. The van der Waals surface area contributed by atoms with E-state index in [9.17, 15) is 19.7 Å². The molecule has 0 spiro atoms. The Hall–Kier alpha value is -4.30. The highest BCUT2D eigenvalue weighted by atomic mass is 16.6. The van der Waals surface area contributed by atoms with Gasteiger partial charge >= 0.3 is 0 Å². The van der Waals surface area contributed by atoms with Gasteiger partial charge in [-0.2, -0.15) is 0 Å². The van der Waals surface area contributed by atoms with E-state index in [2.05, 4.69) is 21.9 Å². The highest BCUT2D eigenvalue weighted by Gasteiger charge is 2.38. The zero-order chi connectivity index (χ0) is 26.2. The normalized spacial score (nSPS) is 17.3. The number of carbonyl (C=O) groups excluding carboxylic acids is 2. The van der Waals surface area contributed by atoms with Crippen LogP contribution in [0.5, 0.6) is 0 Å². The number of non-ortho nitro benzene ring substituents is 1. The number of carbonyl (C=O) groups is 2. The van der Waals surface area contributed by atoms with Crippen molar-refractivity contribution >= 4 is 28.8 Å². The molecule has 3 aliphatic rings. The monoisotopic (exact) mass is 508 g/mol. The number of piperazine rings is 1. The van der Waals surface area contributed by atoms with E-state index in [4.69, 9.17) is 0 Å². The summed E-state index contributed by atoms with van der Waals surface area (Å²) < 4.78 is 0. The van der Waals surface area contributed by atoms with Crippen LogP contribution in [0.25, 0.3) is 16.7 Å². The minimum atomic E-state index is -0.386. The van der Waals surface area contributed by atoms with Gasteiger partial charge in [0.15, 0.2) is 0 Å². The van der Waals surface area contributed by atoms with E-state index >= 15 is 0 Å². The SMILES string of the molecule is O=C1CC(=C2c3ccccc3-c3ccccc32)C(=O)N1CCCN1CCN(c2ccc([N+](=O)[O-])cc2)CC1. The number of rotatable bonds is 6. The van der Waals surface area contributed by atoms with Crippen LogP contribution in [0.15, 0.2) is 78.4 Å². The molecule has 8 nitrogen and oxygen atoms in total. The van der Waals surface area contributed by atoms with Crippen molar-refractivity contribution in [2.75, 3.05) is 44.2 Å². The number of amides is 2. The first-order chi connectivity index (χ1) is 18.5. The molecule has 192 valence electrons. The first-order valence-corrected chi connectivity index (χ1v) is 13.0. The first kappa shape index (κ1) is 24.1. The zero-order valence-corrected chi connectivity index (χ0v) is 21.0. The number of likely N-dealkylation sites (tertiary alicyclic amines) is 1. The molecule has 0 atom stereocenters. The molecule has 0 aromatic heterocycles. The van der Waals surface area contributed by atoms with Crippen LogP contribution in [0.1, 0.15) is 24.0 Å². The number of hydrogen-bond donors (Lipinski definition) is 0. The largest absolute Gasteiger partial charge is 0.369 e. The lowest BCUT2D eigenvalue weighted by Gasteiger charge is -2.36. The average Bonchev–Trinajstić information content (AvgIpc) is 3.42. The molecule has 3 aromatic carbocycles. The standard InChI is InChI=1S/C30H28N4O4/c35-28-20-27(29-25-8-3-1-6-23(25)24-7-2-4-9-26(24)29)30(36)33(28)15-5-14-31-16-18-32(19-17-31)21-10-12-22(13-11-21)34(37)38/h1-4,6-13H,5,14-20H2. The van der Waals surface area contributed by atoms with E-state index in [0.717, 1.165) is 72.7 Å². The molecule has 2 amide bonds. The molecule has 2 aliphatic heterocycles. The van der Waals surface area contributed by atoms with Gasteiger partial charge in [0.25, 0.3) is 11.6 Å². The Balaban J connectivity index is 1.08. The summed E-state index contributed by atoms with van der Waals surface area (Å²) in [5.41, 5.74) is 6.85. The predicted molar refractivity (Wildman–Crippen MR) is 146 cm³/mol. The molecule has 1 aliphatic carbocycles. The molecule has 2 saturated heterocycles. The number of anilines is 1. The number of hydrogen-bond acceptors (Lipinski definition) is 6. The van der Waals surface area contributed by atoms with E-state index in [1.165, 1.54) is 17.0 Å². The van der Waals surface area contributed by atoms with E-state index in [-0.39, 0.29) is 28.8 Å². The molecule has 2 fully saturated rings. The Morgan fingerprint density at radius 1 is 0.737 bits per heavy atom. The fourth-order valence-electron chi connectivity index (χ4n) is 5.83. The average molecular weight is 509 g/mol. The van der Waals surface area contributed by atoms with Gasteiger partial charge in [-0.15, -0.1) is 0 Å². The van der Waals surface area contributed by atoms with Crippen molar-refractivity contribution in [2.24, 2.45) is 0 Å². The van der Waals surface area contributed by atoms with Gasteiger partial charge in [-0.05, 0) is 52.9 Å². The lowest BCUT2D eigenvalue weighted by molar-refractivity contribution is -0.384. The third-order valence-electron chi connectivity index (χ3n) is 7.77. The summed E-state index contributed by atoms with van der Waals surface area (Å²) in [6.07, 6.45) is 0.871. The summed E-state index contributed by atoms with van der Waals surface area (Å²) in [5, 5.41) is 10.9. The van der Waals surface area contributed by atoms with E-state index in [0.29, 0.717) is 12.1 Å². The second-order valence-corrected chi connectivity index (χ2v) is 9.93. The van der Waals surface area contributed by atoms with Crippen molar-refractivity contribution in [1.82, 2.24) is 9.80 Å².